The smallest absolute Gasteiger partial charge is 0.229 e. The summed E-state index contributed by atoms with van der Waals surface area (Å²) >= 11 is 0. The third-order valence-corrected chi connectivity index (χ3v) is 3.95. The molecule has 3 aromatic rings. The Morgan fingerprint density at radius 1 is 1.27 bits per heavy atom. The van der Waals surface area contributed by atoms with Crippen molar-refractivity contribution in [1.82, 2.24) is 14.6 Å². The Morgan fingerprint density at radius 2 is 2.18 bits per heavy atom. The molecule has 1 aliphatic carbocycles. The van der Waals surface area contributed by atoms with Gasteiger partial charge >= 0.3 is 0 Å². The summed E-state index contributed by atoms with van der Waals surface area (Å²) < 4.78 is 14.8. The summed E-state index contributed by atoms with van der Waals surface area (Å²) in [5.41, 5.74) is 1.55. The molecule has 2 atom stereocenters. The third kappa shape index (κ3) is 2.22. The Bertz CT molecular complexity index is 860. The van der Waals surface area contributed by atoms with Crippen molar-refractivity contribution in [2.75, 3.05) is 5.32 Å². The van der Waals surface area contributed by atoms with E-state index >= 15 is 0 Å². The van der Waals surface area contributed by atoms with Crippen molar-refractivity contribution in [2.45, 2.75) is 12.3 Å². The van der Waals surface area contributed by atoms with Crippen molar-refractivity contribution < 1.29 is 9.18 Å². The lowest BCUT2D eigenvalue weighted by molar-refractivity contribution is -0.117. The number of hydrogen-bond donors (Lipinski definition) is 1. The highest BCUT2D eigenvalue weighted by Gasteiger charge is 2.44. The average molecular weight is 296 g/mol. The van der Waals surface area contributed by atoms with Crippen molar-refractivity contribution >= 4 is 17.4 Å². The van der Waals surface area contributed by atoms with Gasteiger partial charge in [0.25, 0.3) is 0 Å². The van der Waals surface area contributed by atoms with E-state index in [0.717, 1.165) is 12.0 Å². The first kappa shape index (κ1) is 12.9. The van der Waals surface area contributed by atoms with Crippen LogP contribution in [0.25, 0.3) is 5.65 Å². The van der Waals surface area contributed by atoms with Crippen LogP contribution in [-0.2, 0) is 4.79 Å². The van der Waals surface area contributed by atoms with Gasteiger partial charge in [-0.3, -0.25) is 4.79 Å². The van der Waals surface area contributed by atoms with E-state index in [1.165, 1.54) is 12.1 Å². The molecule has 2 aromatic heterocycles. The Kier molecular flexibility index (Phi) is 2.89. The summed E-state index contributed by atoms with van der Waals surface area (Å²) in [5.74, 6) is 0.212. The van der Waals surface area contributed by atoms with Crippen LogP contribution in [0, 0.1) is 11.7 Å². The van der Waals surface area contributed by atoms with Crippen molar-refractivity contribution in [3.8, 4) is 0 Å². The van der Waals surface area contributed by atoms with Gasteiger partial charge in [-0.2, -0.15) is 9.61 Å². The van der Waals surface area contributed by atoms with E-state index in [9.17, 15) is 9.18 Å². The maximum atomic E-state index is 13.3. The SMILES string of the molecule is O=C(Nc1ccnc2ccnn12)C1CC1c1cccc(F)c1. The van der Waals surface area contributed by atoms with Crippen LogP contribution in [0.2, 0.25) is 0 Å². The number of halogens is 1. The fourth-order valence-electron chi connectivity index (χ4n) is 2.74. The minimum Gasteiger partial charge on any atom is -0.310 e. The highest BCUT2D eigenvalue weighted by molar-refractivity contribution is 5.94. The van der Waals surface area contributed by atoms with Gasteiger partial charge in [0, 0.05) is 18.2 Å². The van der Waals surface area contributed by atoms with Gasteiger partial charge in [-0.15, -0.1) is 0 Å². The third-order valence-electron chi connectivity index (χ3n) is 3.95. The highest BCUT2D eigenvalue weighted by atomic mass is 19.1. The summed E-state index contributed by atoms with van der Waals surface area (Å²) in [5, 5.41) is 7.01. The van der Waals surface area contributed by atoms with Crippen LogP contribution in [0.1, 0.15) is 17.9 Å². The molecule has 4 rings (SSSR count). The van der Waals surface area contributed by atoms with E-state index in [4.69, 9.17) is 0 Å². The first-order valence-corrected chi connectivity index (χ1v) is 7.07. The number of nitrogens with one attached hydrogen (secondary N) is 1. The van der Waals surface area contributed by atoms with Crippen LogP contribution < -0.4 is 5.32 Å². The second-order valence-electron chi connectivity index (χ2n) is 5.42. The Morgan fingerprint density at radius 3 is 3.05 bits per heavy atom. The summed E-state index contributed by atoms with van der Waals surface area (Å²) in [6, 6.07) is 9.91. The van der Waals surface area contributed by atoms with Gasteiger partial charge in [-0.1, -0.05) is 12.1 Å². The van der Waals surface area contributed by atoms with Gasteiger partial charge < -0.3 is 5.32 Å². The number of hydrogen-bond acceptors (Lipinski definition) is 3. The summed E-state index contributed by atoms with van der Waals surface area (Å²) in [7, 11) is 0. The van der Waals surface area contributed by atoms with Crippen LogP contribution in [0.15, 0.2) is 48.8 Å². The van der Waals surface area contributed by atoms with Crippen LogP contribution >= 0.6 is 0 Å². The first-order valence-electron chi connectivity index (χ1n) is 7.07. The molecule has 1 saturated carbocycles. The van der Waals surface area contributed by atoms with Crippen molar-refractivity contribution in [2.24, 2.45) is 5.92 Å². The number of amides is 1. The van der Waals surface area contributed by atoms with Crippen LogP contribution in [0.5, 0.6) is 0 Å². The molecule has 2 unspecified atom stereocenters. The van der Waals surface area contributed by atoms with Crippen molar-refractivity contribution in [1.29, 1.82) is 0 Å². The molecule has 1 amide bonds. The van der Waals surface area contributed by atoms with E-state index in [2.05, 4.69) is 15.4 Å². The molecule has 0 aliphatic heterocycles. The summed E-state index contributed by atoms with van der Waals surface area (Å²) in [6.45, 7) is 0. The molecular formula is C16H13FN4O. The number of rotatable bonds is 3. The number of nitrogens with zero attached hydrogens (tertiary/aromatic N) is 3. The molecule has 1 fully saturated rings. The van der Waals surface area contributed by atoms with E-state index in [0.29, 0.717) is 11.5 Å². The fourth-order valence-corrected chi connectivity index (χ4v) is 2.74. The maximum absolute atomic E-state index is 13.3. The summed E-state index contributed by atoms with van der Waals surface area (Å²) in [4.78, 5) is 16.5. The van der Waals surface area contributed by atoms with E-state index in [1.54, 1.807) is 35.1 Å². The lowest BCUT2D eigenvalue weighted by Crippen LogP contribution is -2.17. The number of fused-ring (bicyclic) bond motifs is 1. The molecule has 22 heavy (non-hydrogen) atoms. The molecular weight excluding hydrogens is 283 g/mol. The number of carbonyl (C=O) groups excluding carboxylic acids is 1. The lowest BCUT2D eigenvalue weighted by atomic mass is 10.1. The molecule has 0 spiro atoms. The van der Waals surface area contributed by atoms with E-state index in [1.807, 2.05) is 6.07 Å². The fraction of sp³-hybridized carbons (Fsp3) is 0.188. The van der Waals surface area contributed by atoms with Crippen molar-refractivity contribution in [3.63, 3.8) is 0 Å². The van der Waals surface area contributed by atoms with Gasteiger partial charge in [0.2, 0.25) is 5.91 Å². The molecule has 0 radical (unpaired) electrons. The number of anilines is 1. The molecule has 0 bridgehead atoms. The Balaban J connectivity index is 1.51. The van der Waals surface area contributed by atoms with E-state index in [-0.39, 0.29) is 23.6 Å². The van der Waals surface area contributed by atoms with Crippen LogP contribution in [0.3, 0.4) is 0 Å². The molecule has 1 N–H and O–H groups in total. The average Bonchev–Trinajstić information content (AvgIpc) is 3.17. The highest BCUT2D eigenvalue weighted by Crippen LogP contribution is 2.48. The number of benzene rings is 1. The van der Waals surface area contributed by atoms with Gasteiger partial charge in [0.05, 0.1) is 6.20 Å². The van der Waals surface area contributed by atoms with Gasteiger partial charge in [0.1, 0.15) is 11.6 Å². The molecule has 0 saturated heterocycles. The van der Waals surface area contributed by atoms with Crippen molar-refractivity contribution in [3.05, 3.63) is 60.2 Å². The maximum Gasteiger partial charge on any atom is 0.229 e. The minimum absolute atomic E-state index is 0.0720. The van der Waals surface area contributed by atoms with E-state index < -0.39 is 0 Å². The minimum atomic E-state index is -0.268. The predicted molar refractivity (Wildman–Crippen MR) is 78.9 cm³/mol. The topological polar surface area (TPSA) is 59.3 Å². The lowest BCUT2D eigenvalue weighted by Gasteiger charge is -2.06. The molecule has 1 aliphatic rings. The van der Waals surface area contributed by atoms with Gasteiger partial charge in [-0.25, -0.2) is 9.37 Å². The van der Waals surface area contributed by atoms with Gasteiger partial charge in [-0.05, 0) is 36.1 Å². The second kappa shape index (κ2) is 4.91. The quantitative estimate of drug-likeness (QED) is 0.808. The zero-order valence-electron chi connectivity index (χ0n) is 11.6. The Hall–Kier alpha value is -2.76. The normalized spacial score (nSPS) is 20.0. The molecule has 110 valence electrons. The van der Waals surface area contributed by atoms with Crippen LogP contribution in [0.4, 0.5) is 10.2 Å². The molecule has 5 nitrogen and oxygen atoms in total. The largest absolute Gasteiger partial charge is 0.310 e. The Labute approximate surface area is 125 Å². The number of carbonyl (C=O) groups is 1. The predicted octanol–water partition coefficient (Wildman–Crippen LogP) is 2.61. The molecule has 1 aromatic carbocycles. The first-order chi connectivity index (χ1) is 10.7. The standard InChI is InChI=1S/C16H13FN4O/c17-11-3-1-2-10(8-11)12-9-13(12)16(22)20-15-4-6-18-14-5-7-19-21(14)15/h1-8,12-13H,9H2,(H,20,22). The molecule has 6 heteroatoms. The summed E-state index contributed by atoms with van der Waals surface area (Å²) in [6.07, 6.45) is 4.00. The van der Waals surface area contributed by atoms with Crippen LogP contribution in [-0.4, -0.2) is 20.5 Å². The number of aromatic nitrogens is 3. The monoisotopic (exact) mass is 296 g/mol. The van der Waals surface area contributed by atoms with Gasteiger partial charge in [0.15, 0.2) is 5.65 Å². The molecule has 2 heterocycles. The zero-order valence-corrected chi connectivity index (χ0v) is 11.6. The zero-order chi connectivity index (χ0) is 15.1. The second-order valence-corrected chi connectivity index (χ2v) is 5.42.